The summed E-state index contributed by atoms with van der Waals surface area (Å²) in [7, 11) is 0. The lowest BCUT2D eigenvalue weighted by Crippen LogP contribution is -2.56. The van der Waals surface area contributed by atoms with Crippen LogP contribution >= 0.6 is 0 Å². The Balaban J connectivity index is 2.41. The van der Waals surface area contributed by atoms with Crippen molar-refractivity contribution in [2.24, 2.45) is 0 Å². The minimum absolute atomic E-state index is 0.0702. The molecule has 1 saturated heterocycles. The smallest absolute Gasteiger partial charge is 0.224 e. The lowest BCUT2D eigenvalue weighted by atomic mass is 10.0. The molecule has 0 radical (unpaired) electrons. The highest BCUT2D eigenvalue weighted by atomic mass is 16.5. The summed E-state index contributed by atoms with van der Waals surface area (Å²) < 4.78 is 5.41. The fraction of sp³-hybridized carbons (Fsp3) is 0.923. The molecule has 1 N–H and O–H groups in total. The third kappa shape index (κ3) is 4.64. The Hall–Kier alpha value is -0.610. The molecule has 0 unspecified atom stereocenters. The summed E-state index contributed by atoms with van der Waals surface area (Å²) in [5.74, 6) is 0.218. The van der Waals surface area contributed by atoms with Gasteiger partial charge in [0, 0.05) is 25.0 Å². The van der Waals surface area contributed by atoms with Crippen molar-refractivity contribution >= 4 is 5.91 Å². The van der Waals surface area contributed by atoms with Crippen molar-refractivity contribution in [1.82, 2.24) is 10.2 Å². The third-order valence-corrected chi connectivity index (χ3v) is 2.94. The summed E-state index contributed by atoms with van der Waals surface area (Å²) in [5.41, 5.74) is -0.0993. The van der Waals surface area contributed by atoms with E-state index in [1.54, 1.807) is 0 Å². The average Bonchev–Trinajstić information content (AvgIpc) is 2.14. The van der Waals surface area contributed by atoms with Gasteiger partial charge in [-0.25, -0.2) is 0 Å². The second-order valence-electron chi connectivity index (χ2n) is 6.34. The van der Waals surface area contributed by atoms with Crippen LogP contribution in [0.1, 0.15) is 41.0 Å². The predicted octanol–water partition coefficient (Wildman–Crippen LogP) is 1.40. The molecule has 0 aromatic rings. The van der Waals surface area contributed by atoms with E-state index in [1.807, 2.05) is 4.90 Å². The van der Waals surface area contributed by atoms with Gasteiger partial charge in [0.1, 0.15) is 0 Å². The van der Waals surface area contributed by atoms with Crippen molar-refractivity contribution in [3.63, 3.8) is 0 Å². The van der Waals surface area contributed by atoms with Gasteiger partial charge in [0.05, 0.1) is 18.8 Å². The monoisotopic (exact) mass is 242 g/mol. The van der Waals surface area contributed by atoms with E-state index < -0.39 is 0 Å². The highest BCUT2D eigenvalue weighted by molar-refractivity contribution is 5.77. The molecule has 4 nitrogen and oxygen atoms in total. The molecule has 1 heterocycles. The Labute approximate surface area is 105 Å². The van der Waals surface area contributed by atoms with Crippen LogP contribution in [0.4, 0.5) is 0 Å². The van der Waals surface area contributed by atoms with Gasteiger partial charge in [-0.2, -0.15) is 0 Å². The van der Waals surface area contributed by atoms with Gasteiger partial charge < -0.3 is 15.0 Å². The lowest BCUT2D eigenvalue weighted by Gasteiger charge is -2.42. The van der Waals surface area contributed by atoms with Crippen LogP contribution in [0.25, 0.3) is 0 Å². The van der Waals surface area contributed by atoms with Crippen molar-refractivity contribution in [2.75, 3.05) is 26.3 Å². The van der Waals surface area contributed by atoms with Gasteiger partial charge in [0.25, 0.3) is 0 Å². The lowest BCUT2D eigenvalue weighted by molar-refractivity contribution is -0.146. The van der Waals surface area contributed by atoms with Crippen molar-refractivity contribution in [1.29, 1.82) is 0 Å². The van der Waals surface area contributed by atoms with E-state index in [0.717, 1.165) is 6.54 Å². The number of rotatable bonds is 3. The average molecular weight is 242 g/mol. The number of carbonyl (C=O) groups excluding carboxylic acids is 1. The quantitative estimate of drug-likeness (QED) is 0.813. The predicted molar refractivity (Wildman–Crippen MR) is 69.0 cm³/mol. The first-order valence-electron chi connectivity index (χ1n) is 6.36. The fourth-order valence-corrected chi connectivity index (χ4v) is 2.00. The molecule has 1 rings (SSSR count). The van der Waals surface area contributed by atoms with Crippen LogP contribution in [0.15, 0.2) is 0 Å². The number of amides is 1. The van der Waals surface area contributed by atoms with Gasteiger partial charge in [-0.05, 0) is 34.6 Å². The standard InChI is InChI=1S/C13H26N2O2/c1-12(2,3)14-7-6-11(16)15-8-9-17-10-13(15,4)5/h14H,6-10H2,1-5H3. The van der Waals surface area contributed by atoms with Gasteiger partial charge >= 0.3 is 0 Å². The van der Waals surface area contributed by atoms with Crippen LogP contribution in [0.3, 0.4) is 0 Å². The Bertz CT molecular complexity index is 269. The normalized spacial score (nSPS) is 20.4. The molecule has 4 heteroatoms. The van der Waals surface area contributed by atoms with Crippen LogP contribution in [0.5, 0.6) is 0 Å². The summed E-state index contributed by atoms with van der Waals surface area (Å²) in [6.07, 6.45) is 0.556. The molecule has 0 aromatic heterocycles. The van der Waals surface area contributed by atoms with Crippen molar-refractivity contribution in [3.05, 3.63) is 0 Å². The van der Waals surface area contributed by atoms with Crippen LogP contribution in [-0.4, -0.2) is 48.2 Å². The van der Waals surface area contributed by atoms with E-state index in [2.05, 4.69) is 39.9 Å². The van der Waals surface area contributed by atoms with E-state index in [9.17, 15) is 4.79 Å². The molecule has 100 valence electrons. The minimum Gasteiger partial charge on any atom is -0.377 e. The molecule has 0 aliphatic carbocycles. The topological polar surface area (TPSA) is 41.6 Å². The van der Waals surface area contributed by atoms with Gasteiger partial charge in [-0.15, -0.1) is 0 Å². The third-order valence-electron chi connectivity index (χ3n) is 2.94. The summed E-state index contributed by atoms with van der Waals surface area (Å²) in [4.78, 5) is 14.1. The molecule has 17 heavy (non-hydrogen) atoms. The highest BCUT2D eigenvalue weighted by Gasteiger charge is 2.33. The zero-order valence-electron chi connectivity index (χ0n) is 11.8. The van der Waals surface area contributed by atoms with Crippen LogP contribution < -0.4 is 5.32 Å². The molecule has 1 fully saturated rings. The van der Waals surface area contributed by atoms with Crippen LogP contribution in [0.2, 0.25) is 0 Å². The molecule has 0 atom stereocenters. The van der Waals surface area contributed by atoms with E-state index in [4.69, 9.17) is 4.74 Å². The maximum absolute atomic E-state index is 12.1. The van der Waals surface area contributed by atoms with E-state index in [1.165, 1.54) is 0 Å². The number of nitrogens with one attached hydrogen (secondary N) is 1. The number of carbonyl (C=O) groups is 1. The first kappa shape index (κ1) is 14.5. The largest absolute Gasteiger partial charge is 0.377 e. The number of ether oxygens (including phenoxy) is 1. The van der Waals surface area contributed by atoms with Crippen molar-refractivity contribution in [2.45, 2.75) is 52.1 Å². The number of morpholine rings is 1. The minimum atomic E-state index is -0.170. The van der Waals surface area contributed by atoms with Crippen LogP contribution in [-0.2, 0) is 9.53 Å². The van der Waals surface area contributed by atoms with Gasteiger partial charge in [0.15, 0.2) is 0 Å². The Morgan fingerprint density at radius 1 is 1.41 bits per heavy atom. The van der Waals surface area contributed by atoms with Crippen molar-refractivity contribution < 1.29 is 9.53 Å². The maximum Gasteiger partial charge on any atom is 0.224 e. The first-order valence-corrected chi connectivity index (χ1v) is 6.36. The summed E-state index contributed by atoms with van der Waals surface area (Å²) >= 11 is 0. The maximum atomic E-state index is 12.1. The molecular weight excluding hydrogens is 216 g/mol. The number of hydrogen-bond donors (Lipinski definition) is 1. The van der Waals surface area contributed by atoms with E-state index in [0.29, 0.717) is 26.2 Å². The van der Waals surface area contributed by atoms with Gasteiger partial charge in [-0.1, -0.05) is 0 Å². The molecule has 1 aliphatic heterocycles. The van der Waals surface area contributed by atoms with Crippen molar-refractivity contribution in [3.8, 4) is 0 Å². The molecular formula is C13H26N2O2. The summed E-state index contributed by atoms with van der Waals surface area (Å²) in [5, 5.41) is 3.34. The number of hydrogen-bond acceptors (Lipinski definition) is 3. The van der Waals surface area contributed by atoms with Crippen LogP contribution in [0, 0.1) is 0 Å². The second-order valence-corrected chi connectivity index (χ2v) is 6.34. The molecule has 1 amide bonds. The highest BCUT2D eigenvalue weighted by Crippen LogP contribution is 2.19. The molecule has 0 bridgehead atoms. The molecule has 0 saturated carbocycles. The fourth-order valence-electron chi connectivity index (χ4n) is 2.00. The Morgan fingerprint density at radius 3 is 2.59 bits per heavy atom. The molecule has 0 aromatic carbocycles. The Morgan fingerprint density at radius 2 is 2.06 bits per heavy atom. The van der Waals surface area contributed by atoms with Gasteiger partial charge in [-0.3, -0.25) is 4.79 Å². The summed E-state index contributed by atoms with van der Waals surface area (Å²) in [6.45, 7) is 13.2. The second kappa shape index (κ2) is 5.36. The van der Waals surface area contributed by atoms with E-state index >= 15 is 0 Å². The molecule has 0 spiro atoms. The zero-order chi connectivity index (χ0) is 13.1. The molecule has 1 aliphatic rings. The zero-order valence-corrected chi connectivity index (χ0v) is 11.8. The Kier molecular flexibility index (Phi) is 4.55. The first-order chi connectivity index (χ1) is 7.72. The van der Waals surface area contributed by atoms with E-state index in [-0.39, 0.29) is 17.0 Å². The SMILES string of the molecule is CC(C)(C)NCCC(=O)N1CCOCC1(C)C. The number of nitrogens with zero attached hydrogens (tertiary/aromatic N) is 1. The van der Waals surface area contributed by atoms with Gasteiger partial charge in [0.2, 0.25) is 5.91 Å². The summed E-state index contributed by atoms with van der Waals surface area (Å²) in [6, 6.07) is 0.